The second-order valence-electron chi connectivity index (χ2n) is 5.94. The molecule has 0 fully saturated rings. The van der Waals surface area contributed by atoms with Crippen molar-refractivity contribution in [3.05, 3.63) is 60.2 Å². The molecule has 0 spiro atoms. The number of carbonyl (C=O) groups excluding carboxylic acids is 1. The molecule has 0 aliphatic rings. The van der Waals surface area contributed by atoms with Gasteiger partial charge in [-0.15, -0.1) is 0 Å². The highest BCUT2D eigenvalue weighted by molar-refractivity contribution is 6.00. The van der Waals surface area contributed by atoms with Crippen LogP contribution in [0.1, 0.15) is 44.1 Å². The lowest BCUT2D eigenvalue weighted by molar-refractivity contribution is -0.129. The molecule has 2 rings (SSSR count). The molecular weight excluding hydrogens is 316 g/mol. The second-order valence-corrected chi connectivity index (χ2v) is 5.94. The summed E-state index contributed by atoms with van der Waals surface area (Å²) in [4.78, 5) is 10.9. The number of hydrogen-bond donors (Lipinski definition) is 3. The van der Waals surface area contributed by atoms with Crippen LogP contribution in [0.15, 0.2) is 59.8 Å². The molecule has 25 heavy (non-hydrogen) atoms. The third-order valence-electron chi connectivity index (χ3n) is 4.14. The van der Waals surface area contributed by atoms with Crippen LogP contribution in [0.5, 0.6) is 0 Å². The predicted molar refractivity (Wildman–Crippen MR) is 97.8 cm³/mol. The van der Waals surface area contributed by atoms with Crippen LogP contribution < -0.4 is 5.48 Å². The summed E-state index contributed by atoms with van der Waals surface area (Å²) in [6.07, 6.45) is 4.50. The maximum absolute atomic E-state index is 10.9. The summed E-state index contributed by atoms with van der Waals surface area (Å²) in [5.74, 6) is -0.351. The van der Waals surface area contributed by atoms with Gasteiger partial charge in [0.25, 0.3) is 0 Å². The Bertz CT molecular complexity index is 682. The van der Waals surface area contributed by atoms with Crippen LogP contribution in [0.3, 0.4) is 0 Å². The van der Waals surface area contributed by atoms with Crippen LogP contribution in [-0.2, 0) is 4.79 Å². The molecule has 0 heterocycles. The first-order valence-electron chi connectivity index (χ1n) is 8.54. The molecule has 2 aromatic rings. The Morgan fingerprint density at radius 3 is 2.04 bits per heavy atom. The van der Waals surface area contributed by atoms with Gasteiger partial charge >= 0.3 is 0 Å². The smallest absolute Gasteiger partial charge is 0.243 e. The monoisotopic (exact) mass is 340 g/mol. The highest BCUT2D eigenvalue weighted by Gasteiger charge is 2.06. The Labute approximate surface area is 148 Å². The first-order valence-corrected chi connectivity index (χ1v) is 8.54. The van der Waals surface area contributed by atoms with Gasteiger partial charge in [0.05, 0.1) is 5.71 Å². The zero-order valence-corrected chi connectivity index (χ0v) is 14.2. The summed E-state index contributed by atoms with van der Waals surface area (Å²) in [6, 6.07) is 18.1. The highest BCUT2D eigenvalue weighted by atomic mass is 16.5. The van der Waals surface area contributed by atoms with Gasteiger partial charge in [-0.05, 0) is 36.0 Å². The molecule has 0 aliphatic heterocycles. The number of oxime groups is 1. The summed E-state index contributed by atoms with van der Waals surface area (Å²) < 4.78 is 0. The second kappa shape index (κ2) is 10.3. The van der Waals surface area contributed by atoms with Crippen molar-refractivity contribution in [1.82, 2.24) is 5.48 Å². The van der Waals surface area contributed by atoms with E-state index in [4.69, 9.17) is 5.21 Å². The van der Waals surface area contributed by atoms with E-state index in [0.29, 0.717) is 18.6 Å². The minimum atomic E-state index is -0.351. The molecule has 0 aliphatic carbocycles. The minimum Gasteiger partial charge on any atom is -0.411 e. The standard InChI is InChI=1S/C20H24N2O3/c23-20(22-25)11-7-2-1-6-10-19(21-24)18-14-12-17(13-15-18)16-8-4-3-5-9-16/h3-5,8-9,12-15,24-25H,1-2,6-7,10-11H2,(H,22,23)/b21-19+. The van der Waals surface area contributed by atoms with Crippen molar-refractivity contribution in [2.24, 2.45) is 5.16 Å². The quantitative estimate of drug-likeness (QED) is 0.208. The van der Waals surface area contributed by atoms with E-state index in [1.165, 1.54) is 0 Å². The van der Waals surface area contributed by atoms with E-state index in [0.717, 1.165) is 42.4 Å². The molecule has 0 saturated carbocycles. The fraction of sp³-hybridized carbons (Fsp3) is 0.300. The lowest BCUT2D eigenvalue weighted by Crippen LogP contribution is -2.17. The molecule has 2 aromatic carbocycles. The largest absolute Gasteiger partial charge is 0.411 e. The zero-order chi connectivity index (χ0) is 17.9. The fourth-order valence-corrected chi connectivity index (χ4v) is 2.73. The normalized spacial score (nSPS) is 11.3. The molecule has 0 atom stereocenters. The molecule has 3 N–H and O–H groups in total. The molecule has 0 unspecified atom stereocenters. The van der Waals surface area contributed by atoms with Gasteiger partial charge in [0.2, 0.25) is 5.91 Å². The van der Waals surface area contributed by atoms with Crippen LogP contribution in [0.2, 0.25) is 0 Å². The summed E-state index contributed by atoms with van der Waals surface area (Å²) in [5.41, 5.74) is 5.51. The van der Waals surface area contributed by atoms with Gasteiger partial charge in [0.1, 0.15) is 0 Å². The van der Waals surface area contributed by atoms with Crippen molar-refractivity contribution in [3.8, 4) is 11.1 Å². The van der Waals surface area contributed by atoms with Crippen LogP contribution in [0, 0.1) is 0 Å². The number of carbonyl (C=O) groups is 1. The van der Waals surface area contributed by atoms with Crippen molar-refractivity contribution in [3.63, 3.8) is 0 Å². The number of amides is 1. The number of rotatable bonds is 9. The SMILES string of the molecule is O=C(CCCCCC/C(=N\O)c1ccc(-c2ccccc2)cc1)NO. The summed E-state index contributed by atoms with van der Waals surface area (Å²) in [7, 11) is 0. The average Bonchev–Trinajstić information content (AvgIpc) is 2.68. The molecule has 132 valence electrons. The van der Waals surface area contributed by atoms with Gasteiger partial charge < -0.3 is 5.21 Å². The van der Waals surface area contributed by atoms with E-state index < -0.39 is 0 Å². The zero-order valence-electron chi connectivity index (χ0n) is 14.2. The van der Waals surface area contributed by atoms with Gasteiger partial charge in [-0.1, -0.05) is 72.6 Å². The van der Waals surface area contributed by atoms with E-state index >= 15 is 0 Å². The third kappa shape index (κ3) is 6.04. The Morgan fingerprint density at radius 1 is 0.840 bits per heavy atom. The molecule has 0 aromatic heterocycles. The molecule has 0 bridgehead atoms. The molecular formula is C20H24N2O3. The third-order valence-corrected chi connectivity index (χ3v) is 4.14. The van der Waals surface area contributed by atoms with Crippen molar-refractivity contribution in [2.75, 3.05) is 0 Å². The Balaban J connectivity index is 1.81. The maximum Gasteiger partial charge on any atom is 0.243 e. The van der Waals surface area contributed by atoms with Gasteiger partial charge in [-0.25, -0.2) is 5.48 Å². The lowest BCUT2D eigenvalue weighted by Gasteiger charge is -2.07. The fourth-order valence-electron chi connectivity index (χ4n) is 2.73. The van der Waals surface area contributed by atoms with E-state index in [1.807, 2.05) is 42.5 Å². The van der Waals surface area contributed by atoms with Crippen molar-refractivity contribution in [2.45, 2.75) is 38.5 Å². The Morgan fingerprint density at radius 2 is 1.44 bits per heavy atom. The summed E-state index contributed by atoms with van der Waals surface area (Å²) in [6.45, 7) is 0. The number of unbranched alkanes of at least 4 members (excludes halogenated alkanes) is 3. The van der Waals surface area contributed by atoms with Crippen molar-refractivity contribution < 1.29 is 15.2 Å². The number of hydrogen-bond acceptors (Lipinski definition) is 4. The molecule has 1 amide bonds. The van der Waals surface area contributed by atoms with E-state index in [2.05, 4.69) is 17.3 Å². The number of hydroxylamine groups is 1. The van der Waals surface area contributed by atoms with Crippen LogP contribution in [0.25, 0.3) is 11.1 Å². The van der Waals surface area contributed by atoms with Gasteiger partial charge in [-0.3, -0.25) is 10.0 Å². The number of nitrogens with zero attached hydrogens (tertiary/aromatic N) is 1. The first kappa shape index (κ1) is 18.7. The highest BCUT2D eigenvalue weighted by Crippen LogP contribution is 2.20. The number of benzene rings is 2. The van der Waals surface area contributed by atoms with E-state index in [1.54, 1.807) is 5.48 Å². The minimum absolute atomic E-state index is 0.332. The Hall–Kier alpha value is -2.66. The average molecular weight is 340 g/mol. The molecule has 5 nitrogen and oxygen atoms in total. The topological polar surface area (TPSA) is 81.9 Å². The molecule has 0 radical (unpaired) electrons. The van der Waals surface area contributed by atoms with Gasteiger partial charge in [-0.2, -0.15) is 0 Å². The van der Waals surface area contributed by atoms with Crippen LogP contribution >= 0.6 is 0 Å². The van der Waals surface area contributed by atoms with E-state index in [9.17, 15) is 10.0 Å². The van der Waals surface area contributed by atoms with Crippen molar-refractivity contribution >= 4 is 11.6 Å². The van der Waals surface area contributed by atoms with Crippen LogP contribution in [-0.4, -0.2) is 22.0 Å². The predicted octanol–water partition coefficient (Wildman–Crippen LogP) is 4.38. The van der Waals surface area contributed by atoms with Crippen molar-refractivity contribution in [1.29, 1.82) is 0 Å². The van der Waals surface area contributed by atoms with Gasteiger partial charge in [0.15, 0.2) is 0 Å². The molecule has 5 heteroatoms. The van der Waals surface area contributed by atoms with Crippen LogP contribution in [0.4, 0.5) is 0 Å². The first-order chi connectivity index (χ1) is 12.2. The molecule has 0 saturated heterocycles. The summed E-state index contributed by atoms with van der Waals surface area (Å²) in [5, 5.41) is 21.1. The van der Waals surface area contributed by atoms with Gasteiger partial charge in [0, 0.05) is 6.42 Å². The summed E-state index contributed by atoms with van der Waals surface area (Å²) >= 11 is 0. The van der Waals surface area contributed by atoms with E-state index in [-0.39, 0.29) is 5.91 Å². The lowest BCUT2D eigenvalue weighted by atomic mass is 9.99. The Kier molecular flexibility index (Phi) is 7.66. The number of nitrogens with one attached hydrogen (secondary N) is 1. The maximum atomic E-state index is 10.9.